The first-order valence-electron chi connectivity index (χ1n) is 8.28. The van der Waals surface area contributed by atoms with Gasteiger partial charge in [0.1, 0.15) is 11.5 Å². The van der Waals surface area contributed by atoms with Gasteiger partial charge in [0, 0.05) is 17.8 Å². The van der Waals surface area contributed by atoms with Gasteiger partial charge in [0.05, 0.1) is 19.2 Å². The van der Waals surface area contributed by atoms with E-state index in [4.69, 9.17) is 4.74 Å². The van der Waals surface area contributed by atoms with Crippen LogP contribution in [0.5, 0.6) is 11.5 Å². The second-order valence-electron chi connectivity index (χ2n) is 5.95. The summed E-state index contributed by atoms with van der Waals surface area (Å²) in [5.41, 5.74) is 1.93. The molecule has 0 saturated heterocycles. The van der Waals surface area contributed by atoms with Crippen molar-refractivity contribution in [1.82, 2.24) is 4.90 Å². The number of likely N-dealkylation sites (N-methyl/N-ethyl adjacent to an activating group) is 1. The molecule has 0 spiro atoms. The number of phenols is 1. The summed E-state index contributed by atoms with van der Waals surface area (Å²) < 4.78 is 5.51. The normalized spacial score (nSPS) is 12.7. The van der Waals surface area contributed by atoms with Crippen molar-refractivity contribution in [3.05, 3.63) is 59.7 Å². The minimum absolute atomic E-state index is 0.188. The lowest BCUT2D eigenvalue weighted by Gasteiger charge is -2.22. The van der Waals surface area contributed by atoms with Gasteiger partial charge < -0.3 is 14.7 Å². The van der Waals surface area contributed by atoms with E-state index in [1.165, 1.54) is 5.56 Å². The molecule has 2 aromatic rings. The molecule has 1 N–H and O–H groups in total. The minimum atomic E-state index is 0.188. The first-order chi connectivity index (χ1) is 11.6. The molecule has 4 nitrogen and oxygen atoms in total. The predicted octanol–water partition coefficient (Wildman–Crippen LogP) is 3.90. The number of rotatable bonds is 8. The third-order valence-corrected chi connectivity index (χ3v) is 3.79. The summed E-state index contributed by atoms with van der Waals surface area (Å²) in [6.45, 7) is 3.33. The van der Waals surface area contributed by atoms with E-state index in [0.717, 1.165) is 6.42 Å². The highest BCUT2D eigenvalue weighted by atomic mass is 16.5. The summed E-state index contributed by atoms with van der Waals surface area (Å²) in [5, 5.41) is 10.1. The van der Waals surface area contributed by atoms with Crippen molar-refractivity contribution in [2.75, 3.05) is 27.2 Å². The van der Waals surface area contributed by atoms with Gasteiger partial charge in [-0.25, -0.2) is 0 Å². The van der Waals surface area contributed by atoms with Crippen molar-refractivity contribution in [3.63, 3.8) is 0 Å². The Balaban J connectivity index is 2.04. The number of hydrogen-bond donors (Lipinski definition) is 1. The maximum absolute atomic E-state index is 10.1. The van der Waals surface area contributed by atoms with Gasteiger partial charge in [-0.15, -0.1) is 0 Å². The second kappa shape index (κ2) is 9.08. The van der Waals surface area contributed by atoms with Gasteiger partial charge in [0.25, 0.3) is 0 Å². The van der Waals surface area contributed by atoms with Crippen LogP contribution in [0.15, 0.2) is 53.5 Å². The summed E-state index contributed by atoms with van der Waals surface area (Å²) in [6.07, 6.45) is 2.66. The van der Waals surface area contributed by atoms with E-state index in [9.17, 15) is 5.11 Å². The SMILES string of the molecule is CCCOc1ccc(C=NC[C@@H](c2ccccc2)N(C)C)c(O)c1. The molecule has 2 rings (SSSR count). The molecule has 0 radical (unpaired) electrons. The first-order valence-corrected chi connectivity index (χ1v) is 8.28. The Morgan fingerprint density at radius 3 is 2.54 bits per heavy atom. The van der Waals surface area contributed by atoms with Crippen molar-refractivity contribution >= 4 is 6.21 Å². The van der Waals surface area contributed by atoms with Crippen LogP contribution in [0.25, 0.3) is 0 Å². The third kappa shape index (κ3) is 5.10. The molecule has 0 saturated carbocycles. The van der Waals surface area contributed by atoms with Crippen LogP contribution in [0, 0.1) is 0 Å². The Bertz CT molecular complexity index is 654. The Labute approximate surface area is 144 Å². The first kappa shape index (κ1) is 18.0. The molecule has 0 bridgehead atoms. The van der Waals surface area contributed by atoms with E-state index in [2.05, 4.69) is 28.9 Å². The molecule has 0 aliphatic carbocycles. The van der Waals surface area contributed by atoms with Crippen LogP contribution < -0.4 is 4.74 Å². The Hall–Kier alpha value is -2.33. The fourth-order valence-corrected chi connectivity index (χ4v) is 2.44. The van der Waals surface area contributed by atoms with Gasteiger partial charge in [-0.1, -0.05) is 37.3 Å². The molecule has 0 aliphatic heterocycles. The highest BCUT2D eigenvalue weighted by Gasteiger charge is 2.12. The van der Waals surface area contributed by atoms with Crippen molar-refractivity contribution in [3.8, 4) is 11.5 Å². The number of aliphatic imine (C=N–C) groups is 1. The quantitative estimate of drug-likeness (QED) is 0.748. The monoisotopic (exact) mass is 326 g/mol. The zero-order valence-corrected chi connectivity index (χ0v) is 14.6. The number of aromatic hydroxyl groups is 1. The Morgan fingerprint density at radius 1 is 1.17 bits per heavy atom. The fraction of sp³-hybridized carbons (Fsp3) is 0.350. The maximum Gasteiger partial charge on any atom is 0.128 e. The second-order valence-corrected chi connectivity index (χ2v) is 5.95. The van der Waals surface area contributed by atoms with Gasteiger partial charge in [0.2, 0.25) is 0 Å². The summed E-state index contributed by atoms with van der Waals surface area (Å²) in [4.78, 5) is 6.67. The van der Waals surface area contributed by atoms with Gasteiger partial charge in [-0.05, 0) is 38.2 Å². The van der Waals surface area contributed by atoms with Crippen molar-refractivity contribution in [2.24, 2.45) is 4.99 Å². The average molecular weight is 326 g/mol. The summed E-state index contributed by atoms with van der Waals surface area (Å²) in [6, 6.07) is 15.8. The molecule has 0 fully saturated rings. The molecule has 4 heteroatoms. The van der Waals surface area contributed by atoms with Crippen LogP contribution >= 0.6 is 0 Å². The highest BCUT2D eigenvalue weighted by molar-refractivity contribution is 5.83. The topological polar surface area (TPSA) is 45.1 Å². The van der Waals surface area contributed by atoms with Crippen molar-refractivity contribution < 1.29 is 9.84 Å². The Kier molecular flexibility index (Phi) is 6.82. The van der Waals surface area contributed by atoms with E-state index in [1.54, 1.807) is 12.3 Å². The number of ether oxygens (including phenoxy) is 1. The molecular formula is C20H26N2O2. The highest BCUT2D eigenvalue weighted by Crippen LogP contribution is 2.23. The molecule has 0 aliphatic rings. The smallest absolute Gasteiger partial charge is 0.128 e. The molecule has 128 valence electrons. The van der Waals surface area contributed by atoms with Crippen LogP contribution in [-0.2, 0) is 0 Å². The molecule has 0 heterocycles. The lowest BCUT2D eigenvalue weighted by atomic mass is 10.1. The molecule has 0 unspecified atom stereocenters. The molecule has 2 aromatic carbocycles. The van der Waals surface area contributed by atoms with Gasteiger partial charge in [0.15, 0.2) is 0 Å². The Morgan fingerprint density at radius 2 is 1.92 bits per heavy atom. The predicted molar refractivity (Wildman–Crippen MR) is 99.2 cm³/mol. The zero-order chi connectivity index (χ0) is 17.4. The summed E-state index contributed by atoms with van der Waals surface area (Å²) in [7, 11) is 4.09. The van der Waals surface area contributed by atoms with E-state index >= 15 is 0 Å². The molecule has 0 aromatic heterocycles. The average Bonchev–Trinajstić information content (AvgIpc) is 2.58. The van der Waals surface area contributed by atoms with E-state index in [0.29, 0.717) is 24.5 Å². The molecule has 24 heavy (non-hydrogen) atoms. The van der Waals surface area contributed by atoms with Gasteiger partial charge >= 0.3 is 0 Å². The molecule has 0 amide bonds. The fourth-order valence-electron chi connectivity index (χ4n) is 2.44. The number of phenolic OH excluding ortho intramolecular Hbond substituents is 1. The van der Waals surface area contributed by atoms with Gasteiger partial charge in [-0.3, -0.25) is 4.99 Å². The van der Waals surface area contributed by atoms with E-state index < -0.39 is 0 Å². The van der Waals surface area contributed by atoms with Crippen LogP contribution in [-0.4, -0.2) is 43.5 Å². The maximum atomic E-state index is 10.1. The molecule has 1 atom stereocenters. The summed E-state index contributed by atoms with van der Waals surface area (Å²) in [5.74, 6) is 0.871. The van der Waals surface area contributed by atoms with Crippen molar-refractivity contribution in [2.45, 2.75) is 19.4 Å². The largest absolute Gasteiger partial charge is 0.507 e. The van der Waals surface area contributed by atoms with Crippen LogP contribution in [0.2, 0.25) is 0 Å². The standard InChI is InChI=1S/C20H26N2O2/c1-4-12-24-18-11-10-17(20(23)13-18)14-21-15-19(22(2)3)16-8-6-5-7-9-16/h5-11,13-14,19,23H,4,12,15H2,1-3H3/t19-/m0/s1. The lowest BCUT2D eigenvalue weighted by molar-refractivity contribution is 0.307. The van der Waals surface area contributed by atoms with Crippen LogP contribution in [0.3, 0.4) is 0 Å². The minimum Gasteiger partial charge on any atom is -0.507 e. The zero-order valence-electron chi connectivity index (χ0n) is 14.6. The number of nitrogens with zero attached hydrogens (tertiary/aromatic N) is 2. The summed E-state index contributed by atoms with van der Waals surface area (Å²) >= 11 is 0. The number of benzene rings is 2. The lowest BCUT2D eigenvalue weighted by Crippen LogP contribution is -2.22. The third-order valence-electron chi connectivity index (χ3n) is 3.79. The van der Waals surface area contributed by atoms with Crippen molar-refractivity contribution in [1.29, 1.82) is 0 Å². The van der Waals surface area contributed by atoms with Crippen LogP contribution in [0.4, 0.5) is 0 Å². The van der Waals surface area contributed by atoms with Crippen LogP contribution in [0.1, 0.15) is 30.5 Å². The molecular weight excluding hydrogens is 300 g/mol. The van der Waals surface area contributed by atoms with E-state index in [1.807, 2.05) is 44.4 Å². The number of hydrogen-bond acceptors (Lipinski definition) is 4. The van der Waals surface area contributed by atoms with E-state index in [-0.39, 0.29) is 11.8 Å². The van der Waals surface area contributed by atoms with Gasteiger partial charge in [-0.2, -0.15) is 0 Å².